The molecule has 1 heterocycles. The SMILES string of the molecule is CCCN(Cc1ccc(OCCN2C(=O)CCC2=O)c(C)c1)C1c2ccc(Cl)cc2CC1OC(=O)O. The predicted octanol–water partition coefficient (Wildman–Crippen LogP) is 4.75. The molecule has 2 amide bonds. The van der Waals surface area contributed by atoms with Crippen molar-refractivity contribution in [2.24, 2.45) is 0 Å². The van der Waals surface area contributed by atoms with E-state index in [0.29, 0.717) is 23.7 Å². The van der Waals surface area contributed by atoms with Crippen LogP contribution in [0.5, 0.6) is 5.75 Å². The highest BCUT2D eigenvalue weighted by molar-refractivity contribution is 6.30. The second-order valence-corrected chi connectivity index (χ2v) is 9.71. The van der Waals surface area contributed by atoms with Gasteiger partial charge in [0.2, 0.25) is 11.8 Å². The number of halogens is 1. The summed E-state index contributed by atoms with van der Waals surface area (Å²) in [6.07, 6.45) is 0.140. The van der Waals surface area contributed by atoms with E-state index >= 15 is 0 Å². The zero-order chi connectivity index (χ0) is 25.8. The summed E-state index contributed by atoms with van der Waals surface area (Å²) in [6, 6.07) is 11.4. The molecule has 0 spiro atoms. The van der Waals surface area contributed by atoms with Gasteiger partial charge in [0.15, 0.2) is 0 Å². The van der Waals surface area contributed by atoms with Crippen LogP contribution in [0.1, 0.15) is 54.5 Å². The summed E-state index contributed by atoms with van der Waals surface area (Å²) >= 11 is 6.20. The summed E-state index contributed by atoms with van der Waals surface area (Å²) in [6.45, 7) is 5.92. The molecule has 1 fully saturated rings. The van der Waals surface area contributed by atoms with Gasteiger partial charge in [-0.1, -0.05) is 36.7 Å². The van der Waals surface area contributed by atoms with Gasteiger partial charge in [0.05, 0.1) is 12.6 Å². The minimum absolute atomic E-state index is 0.146. The van der Waals surface area contributed by atoms with Gasteiger partial charge >= 0.3 is 6.16 Å². The number of rotatable bonds is 10. The van der Waals surface area contributed by atoms with E-state index in [1.54, 1.807) is 0 Å². The fourth-order valence-electron chi connectivity index (χ4n) is 5.16. The summed E-state index contributed by atoms with van der Waals surface area (Å²) in [5, 5.41) is 9.96. The quantitative estimate of drug-likeness (QED) is 0.361. The summed E-state index contributed by atoms with van der Waals surface area (Å²) in [5.74, 6) is 0.410. The number of hydrogen-bond acceptors (Lipinski definition) is 6. The summed E-state index contributed by atoms with van der Waals surface area (Å²) in [5.41, 5.74) is 4.06. The predicted molar refractivity (Wildman–Crippen MR) is 134 cm³/mol. The molecule has 1 aliphatic carbocycles. The van der Waals surface area contributed by atoms with Crippen molar-refractivity contribution in [1.82, 2.24) is 9.80 Å². The minimum Gasteiger partial charge on any atom is -0.491 e. The Morgan fingerprint density at radius 2 is 1.92 bits per heavy atom. The Morgan fingerprint density at radius 3 is 2.58 bits per heavy atom. The fourth-order valence-corrected chi connectivity index (χ4v) is 5.36. The Kier molecular flexibility index (Phi) is 8.16. The summed E-state index contributed by atoms with van der Waals surface area (Å²) in [4.78, 5) is 38.5. The number of imide groups is 1. The minimum atomic E-state index is -1.28. The van der Waals surface area contributed by atoms with E-state index in [4.69, 9.17) is 21.1 Å². The second-order valence-electron chi connectivity index (χ2n) is 9.27. The van der Waals surface area contributed by atoms with Gasteiger partial charge in [-0.05, 0) is 60.3 Å². The highest BCUT2D eigenvalue weighted by Gasteiger charge is 2.39. The first-order chi connectivity index (χ1) is 17.3. The molecule has 8 nitrogen and oxygen atoms in total. The van der Waals surface area contributed by atoms with Gasteiger partial charge in [-0.3, -0.25) is 19.4 Å². The molecule has 4 rings (SSSR count). The van der Waals surface area contributed by atoms with Crippen molar-refractivity contribution in [2.45, 2.75) is 58.2 Å². The van der Waals surface area contributed by atoms with Crippen molar-refractivity contribution in [2.75, 3.05) is 19.7 Å². The summed E-state index contributed by atoms with van der Waals surface area (Å²) in [7, 11) is 0. The van der Waals surface area contributed by atoms with Crippen molar-refractivity contribution >= 4 is 29.6 Å². The van der Waals surface area contributed by atoms with Crippen LogP contribution in [-0.4, -0.2) is 58.7 Å². The molecule has 0 aromatic heterocycles. The fraction of sp³-hybridized carbons (Fsp3) is 0.444. The standard InChI is InChI=1S/C27H31ClN2O6/c1-3-10-29(26-21-6-5-20(28)14-19(21)15-23(26)36-27(33)34)16-18-4-7-22(17(2)13-18)35-12-11-30-24(31)8-9-25(30)32/h4-7,13-14,23,26H,3,8-12,15-16H2,1-2H3,(H,33,34). The lowest BCUT2D eigenvalue weighted by atomic mass is 10.0. The maximum atomic E-state index is 11.8. The largest absolute Gasteiger partial charge is 0.506 e. The van der Waals surface area contributed by atoms with E-state index in [1.807, 2.05) is 37.3 Å². The molecule has 2 aliphatic rings. The zero-order valence-corrected chi connectivity index (χ0v) is 21.3. The first kappa shape index (κ1) is 26.0. The van der Waals surface area contributed by atoms with E-state index in [2.05, 4.69) is 17.9 Å². The topological polar surface area (TPSA) is 96.4 Å². The molecule has 0 bridgehead atoms. The molecule has 1 aliphatic heterocycles. The lowest BCUT2D eigenvalue weighted by molar-refractivity contribution is -0.138. The maximum absolute atomic E-state index is 11.8. The van der Waals surface area contributed by atoms with E-state index in [9.17, 15) is 19.5 Å². The number of amides is 2. The average Bonchev–Trinajstić information content (AvgIpc) is 3.32. The molecule has 36 heavy (non-hydrogen) atoms. The van der Waals surface area contributed by atoms with Gasteiger partial charge in [0, 0.05) is 30.8 Å². The van der Waals surface area contributed by atoms with Gasteiger partial charge in [-0.2, -0.15) is 0 Å². The second kappa shape index (κ2) is 11.3. The normalized spacial score (nSPS) is 19.2. The molecule has 2 atom stereocenters. The van der Waals surface area contributed by atoms with E-state index in [1.165, 1.54) is 4.90 Å². The van der Waals surface area contributed by atoms with Crippen LogP contribution in [0.4, 0.5) is 4.79 Å². The van der Waals surface area contributed by atoms with E-state index in [0.717, 1.165) is 35.2 Å². The molecule has 192 valence electrons. The number of carbonyl (C=O) groups excluding carboxylic acids is 2. The lowest BCUT2D eigenvalue weighted by Gasteiger charge is -2.33. The number of carboxylic acid groups (broad SMARTS) is 1. The highest BCUT2D eigenvalue weighted by atomic mass is 35.5. The monoisotopic (exact) mass is 514 g/mol. The number of ether oxygens (including phenoxy) is 2. The van der Waals surface area contributed by atoms with Crippen LogP contribution >= 0.6 is 11.6 Å². The molecule has 0 radical (unpaired) electrons. The molecule has 9 heteroatoms. The number of hydrogen-bond donors (Lipinski definition) is 1. The van der Waals surface area contributed by atoms with E-state index < -0.39 is 12.3 Å². The third-order valence-electron chi connectivity index (χ3n) is 6.71. The van der Waals surface area contributed by atoms with Crippen LogP contribution in [0.2, 0.25) is 5.02 Å². The molecular weight excluding hydrogens is 484 g/mol. The van der Waals surface area contributed by atoms with Crippen molar-refractivity contribution in [3.05, 3.63) is 63.7 Å². The first-order valence-corrected chi connectivity index (χ1v) is 12.6. The molecule has 2 unspecified atom stereocenters. The Hall–Kier alpha value is -3.10. The molecule has 0 saturated carbocycles. The Labute approximate surface area is 215 Å². The molecular formula is C27H31ClN2O6. The number of likely N-dealkylation sites (tertiary alicyclic amines) is 1. The first-order valence-electron chi connectivity index (χ1n) is 12.2. The van der Waals surface area contributed by atoms with Crippen LogP contribution in [0.3, 0.4) is 0 Å². The number of benzene rings is 2. The highest BCUT2D eigenvalue weighted by Crippen LogP contribution is 2.40. The van der Waals surface area contributed by atoms with Crippen molar-refractivity contribution in [1.29, 1.82) is 0 Å². The lowest BCUT2D eigenvalue weighted by Crippen LogP contribution is -2.36. The van der Waals surface area contributed by atoms with Crippen molar-refractivity contribution in [3.63, 3.8) is 0 Å². The van der Waals surface area contributed by atoms with Crippen LogP contribution in [0.25, 0.3) is 0 Å². The Bertz CT molecular complexity index is 1140. The smallest absolute Gasteiger partial charge is 0.491 e. The van der Waals surface area contributed by atoms with Gasteiger partial charge in [-0.15, -0.1) is 0 Å². The third-order valence-corrected chi connectivity index (χ3v) is 6.94. The number of aryl methyl sites for hydroxylation is 1. The number of fused-ring (bicyclic) bond motifs is 1. The van der Waals surface area contributed by atoms with E-state index in [-0.39, 0.29) is 43.8 Å². The van der Waals surface area contributed by atoms with Gasteiger partial charge in [0.1, 0.15) is 18.5 Å². The van der Waals surface area contributed by atoms with Crippen LogP contribution in [0.15, 0.2) is 36.4 Å². The Balaban J connectivity index is 1.47. The molecule has 2 aromatic carbocycles. The van der Waals surface area contributed by atoms with Gasteiger partial charge < -0.3 is 14.6 Å². The summed E-state index contributed by atoms with van der Waals surface area (Å²) < 4.78 is 11.2. The van der Waals surface area contributed by atoms with Crippen molar-refractivity contribution in [3.8, 4) is 5.75 Å². The van der Waals surface area contributed by atoms with Crippen LogP contribution in [0, 0.1) is 6.92 Å². The zero-order valence-electron chi connectivity index (χ0n) is 20.5. The number of nitrogens with zero attached hydrogens (tertiary/aromatic N) is 2. The molecule has 1 saturated heterocycles. The third kappa shape index (κ3) is 5.82. The maximum Gasteiger partial charge on any atom is 0.506 e. The number of carbonyl (C=O) groups is 3. The molecule has 2 aromatic rings. The van der Waals surface area contributed by atoms with Gasteiger partial charge in [0.25, 0.3) is 0 Å². The molecule has 1 N–H and O–H groups in total. The van der Waals surface area contributed by atoms with Crippen LogP contribution < -0.4 is 4.74 Å². The van der Waals surface area contributed by atoms with Gasteiger partial charge in [-0.25, -0.2) is 4.79 Å². The van der Waals surface area contributed by atoms with Crippen LogP contribution in [-0.2, 0) is 27.3 Å². The Morgan fingerprint density at radius 1 is 1.17 bits per heavy atom. The van der Waals surface area contributed by atoms with Crippen molar-refractivity contribution < 1.29 is 29.0 Å². The average molecular weight is 515 g/mol.